The Kier molecular flexibility index (Phi) is 6.32. The molecule has 1 heterocycles. The lowest BCUT2D eigenvalue weighted by atomic mass is 9.94. The molecule has 0 radical (unpaired) electrons. The van der Waals surface area contributed by atoms with Crippen LogP contribution in [0.15, 0.2) is 71.4 Å². The summed E-state index contributed by atoms with van der Waals surface area (Å²) in [5.41, 5.74) is 2.66. The number of likely N-dealkylation sites (N-methyl/N-ethyl adjacent to an activating group) is 1. The van der Waals surface area contributed by atoms with Gasteiger partial charge in [0.1, 0.15) is 11.6 Å². The molecular formula is C21H20BrF2N. The Hall–Kier alpha value is -2.20. The molecule has 0 aliphatic carbocycles. The zero-order valence-corrected chi connectivity index (χ0v) is 16.1. The first-order valence-corrected chi connectivity index (χ1v) is 8.84. The molecule has 0 spiro atoms. The SMILES string of the molecule is C=C1C(Br)=CC(c2ccccc2)=C(c2c(F)cccc2F)N1C.CC. The highest BCUT2D eigenvalue weighted by atomic mass is 79.9. The molecule has 0 amide bonds. The normalized spacial score (nSPS) is 14.1. The first-order chi connectivity index (χ1) is 12.0. The highest BCUT2D eigenvalue weighted by Crippen LogP contribution is 2.41. The first kappa shape index (κ1) is 19.1. The Morgan fingerprint density at radius 2 is 1.48 bits per heavy atom. The fraction of sp³-hybridized carbons (Fsp3) is 0.143. The summed E-state index contributed by atoms with van der Waals surface area (Å²) in [6.07, 6.45) is 1.85. The molecule has 130 valence electrons. The average molecular weight is 404 g/mol. The fourth-order valence-corrected chi connectivity index (χ4v) is 3.11. The Bertz CT molecular complexity index is 818. The van der Waals surface area contributed by atoms with Crippen LogP contribution in [-0.2, 0) is 0 Å². The van der Waals surface area contributed by atoms with Crippen molar-refractivity contribution in [1.82, 2.24) is 4.90 Å². The lowest BCUT2D eigenvalue weighted by Gasteiger charge is -2.31. The van der Waals surface area contributed by atoms with E-state index >= 15 is 0 Å². The second-order valence-corrected chi connectivity index (χ2v) is 6.08. The number of halogens is 3. The minimum atomic E-state index is -0.598. The third-order valence-electron chi connectivity index (χ3n) is 3.83. The Morgan fingerprint density at radius 1 is 0.920 bits per heavy atom. The van der Waals surface area contributed by atoms with Crippen molar-refractivity contribution in [2.24, 2.45) is 0 Å². The van der Waals surface area contributed by atoms with Crippen LogP contribution in [0.3, 0.4) is 0 Å². The van der Waals surface area contributed by atoms with Gasteiger partial charge in [-0.2, -0.15) is 0 Å². The van der Waals surface area contributed by atoms with Gasteiger partial charge in [-0.05, 0) is 39.7 Å². The maximum atomic E-state index is 14.4. The van der Waals surface area contributed by atoms with Crippen molar-refractivity contribution >= 4 is 27.2 Å². The van der Waals surface area contributed by atoms with Crippen LogP contribution in [0.4, 0.5) is 8.78 Å². The molecule has 1 aliphatic heterocycles. The van der Waals surface area contributed by atoms with Crippen LogP contribution in [-0.4, -0.2) is 11.9 Å². The van der Waals surface area contributed by atoms with Crippen molar-refractivity contribution in [1.29, 1.82) is 0 Å². The summed E-state index contributed by atoms with van der Waals surface area (Å²) in [7, 11) is 1.75. The summed E-state index contributed by atoms with van der Waals surface area (Å²) >= 11 is 3.47. The second-order valence-electron chi connectivity index (χ2n) is 5.22. The van der Waals surface area contributed by atoms with E-state index in [2.05, 4.69) is 22.5 Å². The van der Waals surface area contributed by atoms with Crippen molar-refractivity contribution in [2.75, 3.05) is 7.05 Å². The van der Waals surface area contributed by atoms with Crippen LogP contribution < -0.4 is 0 Å². The second kappa shape index (κ2) is 8.26. The highest BCUT2D eigenvalue weighted by Gasteiger charge is 2.26. The maximum absolute atomic E-state index is 14.4. The number of benzene rings is 2. The van der Waals surface area contributed by atoms with E-state index in [1.807, 2.05) is 50.3 Å². The van der Waals surface area contributed by atoms with E-state index in [-0.39, 0.29) is 5.56 Å². The van der Waals surface area contributed by atoms with Gasteiger partial charge in [0.25, 0.3) is 0 Å². The molecule has 0 bridgehead atoms. The van der Waals surface area contributed by atoms with Gasteiger partial charge < -0.3 is 4.90 Å². The molecule has 0 saturated heterocycles. The smallest absolute Gasteiger partial charge is 0.135 e. The third-order valence-corrected chi connectivity index (χ3v) is 4.51. The number of rotatable bonds is 2. The quantitative estimate of drug-likeness (QED) is 0.545. The highest BCUT2D eigenvalue weighted by molar-refractivity contribution is 9.12. The van der Waals surface area contributed by atoms with Gasteiger partial charge in [0.15, 0.2) is 0 Å². The van der Waals surface area contributed by atoms with Crippen molar-refractivity contribution in [3.63, 3.8) is 0 Å². The van der Waals surface area contributed by atoms with Crippen LogP contribution in [0.5, 0.6) is 0 Å². The Morgan fingerprint density at radius 3 is 2.04 bits per heavy atom. The summed E-state index contributed by atoms with van der Waals surface area (Å²) in [6.45, 7) is 7.97. The molecule has 3 rings (SSSR count). The zero-order chi connectivity index (χ0) is 18.6. The summed E-state index contributed by atoms with van der Waals surface area (Å²) < 4.78 is 29.5. The molecule has 0 saturated carbocycles. The maximum Gasteiger partial charge on any atom is 0.135 e. The van der Waals surface area contributed by atoms with Crippen LogP contribution in [0, 0.1) is 11.6 Å². The predicted octanol–water partition coefficient (Wildman–Crippen LogP) is 6.60. The topological polar surface area (TPSA) is 3.24 Å². The van der Waals surface area contributed by atoms with Crippen LogP contribution in [0.2, 0.25) is 0 Å². The van der Waals surface area contributed by atoms with Crippen LogP contribution in [0.25, 0.3) is 11.3 Å². The molecule has 0 atom stereocenters. The van der Waals surface area contributed by atoms with E-state index in [1.165, 1.54) is 18.2 Å². The van der Waals surface area contributed by atoms with E-state index in [9.17, 15) is 8.78 Å². The van der Waals surface area contributed by atoms with Gasteiger partial charge >= 0.3 is 0 Å². The van der Waals surface area contributed by atoms with Crippen LogP contribution >= 0.6 is 15.9 Å². The molecular weight excluding hydrogens is 384 g/mol. The van der Waals surface area contributed by atoms with Crippen LogP contribution in [0.1, 0.15) is 25.0 Å². The summed E-state index contributed by atoms with van der Waals surface area (Å²) in [5.74, 6) is -1.20. The molecule has 2 aromatic carbocycles. The van der Waals surface area contributed by atoms with Gasteiger partial charge in [0.05, 0.1) is 11.3 Å². The molecule has 0 aromatic heterocycles. The van der Waals surface area contributed by atoms with Gasteiger partial charge in [-0.25, -0.2) is 8.78 Å². The lowest BCUT2D eigenvalue weighted by Crippen LogP contribution is -2.21. The van der Waals surface area contributed by atoms with E-state index in [0.29, 0.717) is 11.4 Å². The molecule has 0 unspecified atom stereocenters. The third kappa shape index (κ3) is 3.74. The molecule has 1 aliphatic rings. The molecule has 0 N–H and O–H groups in total. The first-order valence-electron chi connectivity index (χ1n) is 8.05. The molecule has 4 heteroatoms. The number of allylic oxidation sites excluding steroid dienone is 3. The molecule has 2 aromatic rings. The van der Waals surface area contributed by atoms with E-state index in [1.54, 1.807) is 11.9 Å². The zero-order valence-electron chi connectivity index (χ0n) is 14.5. The number of hydrogen-bond donors (Lipinski definition) is 0. The average Bonchev–Trinajstić information content (AvgIpc) is 2.63. The van der Waals surface area contributed by atoms with Gasteiger partial charge in [-0.1, -0.05) is 56.8 Å². The van der Waals surface area contributed by atoms with Crippen molar-refractivity contribution < 1.29 is 8.78 Å². The van der Waals surface area contributed by atoms with Gasteiger partial charge in [0, 0.05) is 22.8 Å². The van der Waals surface area contributed by atoms with Crippen molar-refractivity contribution in [3.05, 3.63) is 94.1 Å². The summed E-state index contributed by atoms with van der Waals surface area (Å²) in [6, 6.07) is 13.4. The minimum Gasteiger partial charge on any atom is -0.343 e. The van der Waals surface area contributed by atoms with E-state index < -0.39 is 11.6 Å². The summed E-state index contributed by atoms with van der Waals surface area (Å²) in [4.78, 5) is 1.70. The monoisotopic (exact) mass is 403 g/mol. The number of nitrogens with zero attached hydrogens (tertiary/aromatic N) is 1. The Labute approximate surface area is 156 Å². The van der Waals surface area contributed by atoms with Gasteiger partial charge in [-0.3, -0.25) is 0 Å². The van der Waals surface area contributed by atoms with Gasteiger partial charge in [-0.15, -0.1) is 0 Å². The largest absolute Gasteiger partial charge is 0.343 e. The Balaban J connectivity index is 0.00000109. The van der Waals surface area contributed by atoms with E-state index in [0.717, 1.165) is 15.6 Å². The minimum absolute atomic E-state index is 0.0498. The number of hydrogen-bond acceptors (Lipinski definition) is 1. The summed E-state index contributed by atoms with van der Waals surface area (Å²) in [5, 5.41) is 0. The molecule has 1 nitrogen and oxygen atoms in total. The molecule has 25 heavy (non-hydrogen) atoms. The molecule has 0 fully saturated rings. The van der Waals surface area contributed by atoms with Gasteiger partial charge in [0.2, 0.25) is 0 Å². The lowest BCUT2D eigenvalue weighted by molar-refractivity contribution is 0.550. The van der Waals surface area contributed by atoms with Crippen molar-refractivity contribution in [2.45, 2.75) is 13.8 Å². The predicted molar refractivity (Wildman–Crippen MR) is 105 cm³/mol. The van der Waals surface area contributed by atoms with E-state index in [4.69, 9.17) is 0 Å². The standard InChI is InChI=1S/C19H14BrF2N.C2H6/c1-12-15(20)11-14(13-7-4-3-5-8-13)19(23(12)2)18-16(21)9-6-10-17(18)22;1-2/h3-11H,1H2,2H3;1-2H3. The van der Waals surface area contributed by atoms with Crippen molar-refractivity contribution in [3.8, 4) is 0 Å². The fourth-order valence-electron chi connectivity index (χ4n) is 2.62.